The fourth-order valence-electron chi connectivity index (χ4n) is 2.80. The first kappa shape index (κ1) is 15.9. The highest BCUT2D eigenvalue weighted by atomic mass is 15.2. The second kappa shape index (κ2) is 7.46. The molecule has 3 atom stereocenters. The smallest absolute Gasteiger partial charge is 0.0223 e. The molecule has 18 heavy (non-hydrogen) atoms. The van der Waals surface area contributed by atoms with Crippen LogP contribution in [0.15, 0.2) is 0 Å². The lowest BCUT2D eigenvalue weighted by Crippen LogP contribution is -2.51. The van der Waals surface area contributed by atoms with Gasteiger partial charge in [0.2, 0.25) is 0 Å². The van der Waals surface area contributed by atoms with E-state index in [1.807, 2.05) is 0 Å². The summed E-state index contributed by atoms with van der Waals surface area (Å²) in [7, 11) is 4.55. The van der Waals surface area contributed by atoms with Crippen LogP contribution in [-0.2, 0) is 0 Å². The number of hydrogen-bond donors (Lipinski definition) is 1. The topological polar surface area (TPSA) is 18.5 Å². The number of likely N-dealkylation sites (tertiary alicyclic amines) is 1. The zero-order valence-corrected chi connectivity index (χ0v) is 13.2. The van der Waals surface area contributed by atoms with Crippen molar-refractivity contribution in [3.63, 3.8) is 0 Å². The van der Waals surface area contributed by atoms with Gasteiger partial charge in [-0.1, -0.05) is 20.8 Å². The Morgan fingerprint density at radius 1 is 1.28 bits per heavy atom. The van der Waals surface area contributed by atoms with Crippen molar-refractivity contribution in [2.24, 2.45) is 5.92 Å². The van der Waals surface area contributed by atoms with Gasteiger partial charge < -0.3 is 10.2 Å². The number of hydrogen-bond acceptors (Lipinski definition) is 3. The number of nitrogens with one attached hydrogen (secondary N) is 1. The van der Waals surface area contributed by atoms with Crippen LogP contribution in [0.2, 0.25) is 0 Å². The maximum absolute atomic E-state index is 3.56. The SMILES string of the molecule is CC(C)NCC(C)C(C)N(C)C1CCCN(C)C1. The van der Waals surface area contributed by atoms with Crippen LogP contribution in [0.5, 0.6) is 0 Å². The monoisotopic (exact) mass is 255 g/mol. The zero-order valence-electron chi connectivity index (χ0n) is 13.2. The molecule has 0 aromatic heterocycles. The molecule has 108 valence electrons. The second-order valence-electron chi connectivity index (χ2n) is 6.50. The van der Waals surface area contributed by atoms with E-state index in [2.05, 4.69) is 56.9 Å². The molecule has 3 heteroatoms. The Hall–Kier alpha value is -0.120. The summed E-state index contributed by atoms with van der Waals surface area (Å²) in [5, 5.41) is 3.56. The molecule has 1 N–H and O–H groups in total. The summed E-state index contributed by atoms with van der Waals surface area (Å²) in [6.07, 6.45) is 2.70. The lowest BCUT2D eigenvalue weighted by molar-refractivity contribution is 0.0824. The highest BCUT2D eigenvalue weighted by Gasteiger charge is 2.26. The Morgan fingerprint density at radius 2 is 1.94 bits per heavy atom. The number of piperidine rings is 1. The van der Waals surface area contributed by atoms with E-state index in [1.54, 1.807) is 0 Å². The summed E-state index contributed by atoms with van der Waals surface area (Å²) in [6.45, 7) is 12.8. The molecule has 3 nitrogen and oxygen atoms in total. The van der Waals surface area contributed by atoms with Gasteiger partial charge in [-0.15, -0.1) is 0 Å². The van der Waals surface area contributed by atoms with E-state index in [4.69, 9.17) is 0 Å². The maximum atomic E-state index is 3.56. The summed E-state index contributed by atoms with van der Waals surface area (Å²) in [5.74, 6) is 0.699. The van der Waals surface area contributed by atoms with Crippen LogP contribution < -0.4 is 5.32 Å². The first-order chi connectivity index (χ1) is 8.41. The third-order valence-electron chi connectivity index (χ3n) is 4.49. The first-order valence-electron chi connectivity index (χ1n) is 7.55. The van der Waals surface area contributed by atoms with Crippen LogP contribution in [0.25, 0.3) is 0 Å². The predicted octanol–water partition coefficient (Wildman–Crippen LogP) is 2.04. The molecule has 0 bridgehead atoms. The van der Waals surface area contributed by atoms with E-state index >= 15 is 0 Å². The largest absolute Gasteiger partial charge is 0.314 e. The van der Waals surface area contributed by atoms with Crippen LogP contribution in [0.4, 0.5) is 0 Å². The van der Waals surface area contributed by atoms with E-state index in [0.717, 1.165) is 12.6 Å². The second-order valence-corrected chi connectivity index (χ2v) is 6.50. The van der Waals surface area contributed by atoms with Crippen molar-refractivity contribution in [1.29, 1.82) is 0 Å². The Kier molecular flexibility index (Phi) is 6.61. The molecule has 0 spiro atoms. The standard InChI is InChI=1S/C15H33N3/c1-12(2)16-10-13(3)14(4)18(6)15-8-7-9-17(5)11-15/h12-16H,7-11H2,1-6H3. The third-order valence-corrected chi connectivity index (χ3v) is 4.49. The molecule has 0 saturated carbocycles. The van der Waals surface area contributed by atoms with Gasteiger partial charge in [-0.05, 0) is 52.9 Å². The van der Waals surface area contributed by atoms with Gasteiger partial charge in [-0.2, -0.15) is 0 Å². The van der Waals surface area contributed by atoms with Gasteiger partial charge in [0.15, 0.2) is 0 Å². The zero-order chi connectivity index (χ0) is 13.7. The van der Waals surface area contributed by atoms with Crippen molar-refractivity contribution in [3.8, 4) is 0 Å². The van der Waals surface area contributed by atoms with Crippen LogP contribution in [-0.4, -0.2) is 61.7 Å². The highest BCUT2D eigenvalue weighted by molar-refractivity contribution is 4.83. The van der Waals surface area contributed by atoms with E-state index in [-0.39, 0.29) is 0 Å². The summed E-state index contributed by atoms with van der Waals surface area (Å²) >= 11 is 0. The quantitative estimate of drug-likeness (QED) is 0.783. The number of likely N-dealkylation sites (N-methyl/N-ethyl adjacent to an activating group) is 2. The number of nitrogens with zero attached hydrogens (tertiary/aromatic N) is 2. The normalized spacial score (nSPS) is 25.7. The van der Waals surface area contributed by atoms with Gasteiger partial charge in [0.05, 0.1) is 0 Å². The lowest BCUT2D eigenvalue weighted by atomic mass is 9.97. The lowest BCUT2D eigenvalue weighted by Gasteiger charge is -2.41. The molecule has 1 saturated heterocycles. The number of rotatable bonds is 6. The molecular formula is C15H33N3. The molecule has 3 unspecified atom stereocenters. The Labute approximate surface area is 114 Å². The Balaban J connectivity index is 2.41. The molecule has 1 aliphatic rings. The van der Waals surface area contributed by atoms with Gasteiger partial charge >= 0.3 is 0 Å². The van der Waals surface area contributed by atoms with E-state index in [1.165, 1.54) is 25.9 Å². The van der Waals surface area contributed by atoms with Gasteiger partial charge in [0.25, 0.3) is 0 Å². The minimum Gasteiger partial charge on any atom is -0.314 e. The average molecular weight is 255 g/mol. The molecule has 0 aromatic rings. The third kappa shape index (κ3) is 4.87. The maximum Gasteiger partial charge on any atom is 0.0223 e. The van der Waals surface area contributed by atoms with Crippen molar-refractivity contribution >= 4 is 0 Å². The minimum absolute atomic E-state index is 0.589. The van der Waals surface area contributed by atoms with Gasteiger partial charge in [-0.3, -0.25) is 4.90 Å². The summed E-state index contributed by atoms with van der Waals surface area (Å²) in [5.41, 5.74) is 0. The van der Waals surface area contributed by atoms with Gasteiger partial charge in [0, 0.05) is 24.7 Å². The molecule has 0 aromatic carbocycles. The highest BCUT2D eigenvalue weighted by Crippen LogP contribution is 2.19. The van der Waals surface area contributed by atoms with Crippen LogP contribution >= 0.6 is 0 Å². The van der Waals surface area contributed by atoms with Crippen molar-refractivity contribution in [2.45, 2.75) is 58.7 Å². The molecule has 0 amide bonds. The molecule has 1 aliphatic heterocycles. The van der Waals surface area contributed by atoms with E-state index in [0.29, 0.717) is 18.0 Å². The Bertz CT molecular complexity index is 230. The van der Waals surface area contributed by atoms with Crippen LogP contribution in [0.1, 0.15) is 40.5 Å². The molecule has 0 aliphatic carbocycles. The van der Waals surface area contributed by atoms with Crippen LogP contribution in [0.3, 0.4) is 0 Å². The van der Waals surface area contributed by atoms with Crippen LogP contribution in [0, 0.1) is 5.92 Å². The summed E-state index contributed by atoms with van der Waals surface area (Å²) in [4.78, 5) is 5.07. The average Bonchev–Trinajstić information content (AvgIpc) is 2.34. The van der Waals surface area contributed by atoms with Crippen molar-refractivity contribution in [3.05, 3.63) is 0 Å². The minimum atomic E-state index is 0.589. The first-order valence-corrected chi connectivity index (χ1v) is 7.55. The fraction of sp³-hybridized carbons (Fsp3) is 1.00. The van der Waals surface area contributed by atoms with Gasteiger partial charge in [0.1, 0.15) is 0 Å². The van der Waals surface area contributed by atoms with E-state index < -0.39 is 0 Å². The molecule has 1 heterocycles. The molecule has 0 radical (unpaired) electrons. The Morgan fingerprint density at radius 3 is 2.50 bits per heavy atom. The summed E-state index contributed by atoms with van der Waals surface area (Å²) in [6, 6.07) is 1.97. The van der Waals surface area contributed by atoms with E-state index in [9.17, 15) is 0 Å². The van der Waals surface area contributed by atoms with Crippen molar-refractivity contribution in [2.75, 3.05) is 33.7 Å². The predicted molar refractivity (Wildman–Crippen MR) is 80.0 cm³/mol. The fourth-order valence-corrected chi connectivity index (χ4v) is 2.80. The van der Waals surface area contributed by atoms with Crippen molar-refractivity contribution < 1.29 is 0 Å². The molecule has 1 rings (SSSR count). The summed E-state index contributed by atoms with van der Waals surface area (Å²) < 4.78 is 0. The molecular weight excluding hydrogens is 222 g/mol. The van der Waals surface area contributed by atoms with Gasteiger partial charge in [-0.25, -0.2) is 0 Å². The molecule has 1 fully saturated rings. The van der Waals surface area contributed by atoms with Crippen molar-refractivity contribution in [1.82, 2.24) is 15.1 Å².